The first-order chi connectivity index (χ1) is 12.3. The van der Waals surface area contributed by atoms with Gasteiger partial charge in [-0.3, -0.25) is 5.41 Å². The van der Waals surface area contributed by atoms with Crippen LogP contribution in [0.1, 0.15) is 24.5 Å². The van der Waals surface area contributed by atoms with Crippen molar-refractivity contribution in [1.29, 1.82) is 5.41 Å². The fraction of sp³-hybridized carbons (Fsp3) is 0.227. The Morgan fingerprint density at radius 3 is 2.80 bits per heavy atom. The van der Waals surface area contributed by atoms with Gasteiger partial charge in [-0.1, -0.05) is 55.5 Å². The number of fused-ring (bicyclic) bond motifs is 2. The molecular weight excluding hydrogens is 306 g/mol. The van der Waals surface area contributed by atoms with Gasteiger partial charge in [-0.25, -0.2) is 0 Å². The summed E-state index contributed by atoms with van der Waals surface area (Å²) in [6, 6.07) is 21.2. The third-order valence-electron chi connectivity index (χ3n) is 4.99. The van der Waals surface area contributed by atoms with E-state index in [-0.39, 0.29) is 0 Å². The molecule has 0 amide bonds. The summed E-state index contributed by atoms with van der Waals surface area (Å²) in [4.78, 5) is 2.11. The molecule has 25 heavy (non-hydrogen) atoms. The Bertz CT molecular complexity index is 924. The molecule has 0 saturated heterocycles. The minimum Gasteiger partial charge on any atom is -0.326 e. The van der Waals surface area contributed by atoms with E-state index in [1.54, 1.807) is 0 Å². The first-order valence-corrected chi connectivity index (χ1v) is 8.99. The molecule has 3 aromatic rings. The number of benzene rings is 3. The molecule has 1 aliphatic rings. The summed E-state index contributed by atoms with van der Waals surface area (Å²) in [7, 11) is 0. The van der Waals surface area contributed by atoms with Crippen LogP contribution < -0.4 is 10.2 Å². The molecule has 0 bridgehead atoms. The molecule has 3 aromatic carbocycles. The summed E-state index contributed by atoms with van der Waals surface area (Å²) < 4.78 is 0. The van der Waals surface area contributed by atoms with Crippen LogP contribution in [-0.2, 0) is 12.8 Å². The first kappa shape index (κ1) is 15.7. The molecule has 0 unspecified atom stereocenters. The van der Waals surface area contributed by atoms with Gasteiger partial charge in [0.05, 0.1) is 0 Å². The minimum atomic E-state index is 0.450. The molecule has 0 saturated carbocycles. The highest BCUT2D eigenvalue weighted by Gasteiger charge is 2.21. The lowest BCUT2D eigenvalue weighted by Gasteiger charge is -2.32. The van der Waals surface area contributed by atoms with Gasteiger partial charge in [0, 0.05) is 23.3 Å². The maximum atomic E-state index is 8.67. The molecule has 3 heteroatoms. The number of guanidine groups is 1. The van der Waals surface area contributed by atoms with Gasteiger partial charge in [-0.15, -0.1) is 0 Å². The van der Waals surface area contributed by atoms with Crippen molar-refractivity contribution < 1.29 is 0 Å². The molecule has 3 nitrogen and oxygen atoms in total. The standard InChI is InChI=1S/C22H23N3/c1-2-16-12-13-18-9-6-14-25(21(18)15-16)22(23)24-20-11-5-8-17-7-3-4-10-19(17)20/h3-5,7-8,10-13,15H,2,6,9,14H2,1H3,(H2,23,24). The van der Waals surface area contributed by atoms with E-state index in [9.17, 15) is 0 Å². The van der Waals surface area contributed by atoms with Crippen molar-refractivity contribution in [1.82, 2.24) is 0 Å². The molecule has 4 rings (SSSR count). The van der Waals surface area contributed by atoms with Gasteiger partial charge in [0.1, 0.15) is 0 Å². The zero-order valence-electron chi connectivity index (χ0n) is 14.5. The number of hydrogen-bond donors (Lipinski definition) is 2. The number of hydrogen-bond acceptors (Lipinski definition) is 1. The van der Waals surface area contributed by atoms with Crippen molar-refractivity contribution in [3.05, 3.63) is 71.8 Å². The molecule has 0 aliphatic carbocycles. The fourth-order valence-electron chi connectivity index (χ4n) is 3.60. The second-order valence-electron chi connectivity index (χ2n) is 6.57. The zero-order valence-corrected chi connectivity index (χ0v) is 14.5. The fourth-order valence-corrected chi connectivity index (χ4v) is 3.60. The average molecular weight is 329 g/mol. The number of nitrogens with zero attached hydrogens (tertiary/aromatic N) is 1. The summed E-state index contributed by atoms with van der Waals surface area (Å²) >= 11 is 0. The van der Waals surface area contributed by atoms with E-state index < -0.39 is 0 Å². The molecule has 0 aromatic heterocycles. The third-order valence-corrected chi connectivity index (χ3v) is 4.99. The molecular formula is C22H23N3. The molecule has 0 spiro atoms. The highest BCUT2D eigenvalue weighted by molar-refractivity contribution is 6.08. The SMILES string of the molecule is CCc1ccc2c(c1)N(C(=N)Nc1cccc3ccccc13)CCC2. The average Bonchev–Trinajstić information content (AvgIpc) is 2.67. The van der Waals surface area contributed by atoms with Crippen LogP contribution in [0.25, 0.3) is 10.8 Å². The Hall–Kier alpha value is -2.81. The number of anilines is 2. The lowest BCUT2D eigenvalue weighted by Crippen LogP contribution is -2.39. The van der Waals surface area contributed by atoms with Crippen molar-refractivity contribution in [3.63, 3.8) is 0 Å². The van der Waals surface area contributed by atoms with Crippen molar-refractivity contribution in [2.45, 2.75) is 26.2 Å². The molecule has 126 valence electrons. The van der Waals surface area contributed by atoms with Gasteiger partial charge in [-0.05, 0) is 47.9 Å². The van der Waals surface area contributed by atoms with Gasteiger partial charge < -0.3 is 10.2 Å². The van der Waals surface area contributed by atoms with Crippen LogP contribution >= 0.6 is 0 Å². The summed E-state index contributed by atoms with van der Waals surface area (Å²) in [5.74, 6) is 0.450. The Balaban J connectivity index is 1.66. The minimum absolute atomic E-state index is 0.450. The van der Waals surface area contributed by atoms with Crippen LogP contribution in [0.2, 0.25) is 0 Å². The van der Waals surface area contributed by atoms with E-state index >= 15 is 0 Å². The highest BCUT2D eigenvalue weighted by atomic mass is 15.3. The van der Waals surface area contributed by atoms with Crippen LogP contribution in [0.15, 0.2) is 60.7 Å². The quantitative estimate of drug-likeness (QED) is 0.501. The number of rotatable bonds is 2. The second-order valence-corrected chi connectivity index (χ2v) is 6.57. The van der Waals surface area contributed by atoms with Crippen molar-refractivity contribution in [2.24, 2.45) is 0 Å². The van der Waals surface area contributed by atoms with Gasteiger partial charge >= 0.3 is 0 Å². The summed E-state index contributed by atoms with van der Waals surface area (Å²) in [5, 5.41) is 14.3. The predicted octanol–water partition coefficient (Wildman–Crippen LogP) is 5.20. The van der Waals surface area contributed by atoms with Crippen molar-refractivity contribution in [2.75, 3.05) is 16.8 Å². The molecule has 1 aliphatic heterocycles. The van der Waals surface area contributed by atoms with Gasteiger partial charge in [-0.2, -0.15) is 0 Å². The molecule has 1 heterocycles. The van der Waals surface area contributed by atoms with Crippen LogP contribution in [0.5, 0.6) is 0 Å². The third kappa shape index (κ3) is 2.98. The summed E-state index contributed by atoms with van der Waals surface area (Å²) in [6.07, 6.45) is 3.20. The smallest absolute Gasteiger partial charge is 0.200 e. The Morgan fingerprint density at radius 2 is 1.92 bits per heavy atom. The van der Waals surface area contributed by atoms with E-state index in [0.717, 1.165) is 36.9 Å². The normalized spacial score (nSPS) is 13.6. The topological polar surface area (TPSA) is 39.1 Å². The molecule has 2 N–H and O–H groups in total. The predicted molar refractivity (Wildman–Crippen MR) is 107 cm³/mol. The highest BCUT2D eigenvalue weighted by Crippen LogP contribution is 2.30. The number of aryl methyl sites for hydroxylation is 2. The summed E-state index contributed by atoms with van der Waals surface area (Å²) in [5.41, 5.74) is 4.83. The van der Waals surface area contributed by atoms with E-state index in [4.69, 9.17) is 5.41 Å². The molecule has 0 fully saturated rings. The molecule has 0 radical (unpaired) electrons. The lowest BCUT2D eigenvalue weighted by molar-refractivity contribution is 0.774. The second kappa shape index (κ2) is 6.60. The largest absolute Gasteiger partial charge is 0.326 e. The Morgan fingerprint density at radius 1 is 1.08 bits per heavy atom. The zero-order chi connectivity index (χ0) is 17.2. The summed E-state index contributed by atoms with van der Waals surface area (Å²) in [6.45, 7) is 3.06. The van der Waals surface area contributed by atoms with Crippen LogP contribution in [0, 0.1) is 5.41 Å². The van der Waals surface area contributed by atoms with Crippen molar-refractivity contribution >= 4 is 28.1 Å². The van der Waals surface area contributed by atoms with Crippen LogP contribution in [-0.4, -0.2) is 12.5 Å². The van der Waals surface area contributed by atoms with Gasteiger partial charge in [0.25, 0.3) is 0 Å². The number of nitrogens with one attached hydrogen (secondary N) is 2. The van der Waals surface area contributed by atoms with Crippen LogP contribution in [0.3, 0.4) is 0 Å². The van der Waals surface area contributed by atoms with Crippen LogP contribution in [0.4, 0.5) is 11.4 Å². The van der Waals surface area contributed by atoms with E-state index in [1.165, 1.54) is 22.2 Å². The van der Waals surface area contributed by atoms with E-state index in [0.29, 0.717) is 5.96 Å². The monoisotopic (exact) mass is 329 g/mol. The Kier molecular flexibility index (Phi) is 4.14. The Labute approximate surface area is 148 Å². The maximum Gasteiger partial charge on any atom is 0.200 e. The first-order valence-electron chi connectivity index (χ1n) is 8.99. The lowest BCUT2D eigenvalue weighted by atomic mass is 9.99. The van der Waals surface area contributed by atoms with Gasteiger partial charge in [0.2, 0.25) is 0 Å². The van der Waals surface area contributed by atoms with Gasteiger partial charge in [0.15, 0.2) is 5.96 Å². The van der Waals surface area contributed by atoms with E-state index in [1.807, 2.05) is 24.3 Å². The van der Waals surface area contributed by atoms with E-state index in [2.05, 4.69) is 53.5 Å². The van der Waals surface area contributed by atoms with Crippen molar-refractivity contribution in [3.8, 4) is 0 Å². The molecule has 0 atom stereocenters. The maximum absolute atomic E-state index is 8.67.